The summed E-state index contributed by atoms with van der Waals surface area (Å²) in [4.78, 5) is 0. The highest BCUT2D eigenvalue weighted by molar-refractivity contribution is 5.69. The lowest BCUT2D eigenvalue weighted by Gasteiger charge is -2.14. The Kier molecular flexibility index (Phi) is 3.18. The number of nitrogens with zero attached hydrogens (tertiary/aromatic N) is 2. The van der Waals surface area contributed by atoms with Crippen molar-refractivity contribution in [3.8, 4) is 17.0 Å². The molecule has 0 aliphatic carbocycles. The lowest BCUT2D eigenvalue weighted by atomic mass is 9.98. The topological polar surface area (TPSA) is 27.1 Å². The Morgan fingerprint density at radius 2 is 2.00 bits per heavy atom. The van der Waals surface area contributed by atoms with Crippen molar-refractivity contribution in [3.05, 3.63) is 36.0 Å². The van der Waals surface area contributed by atoms with Gasteiger partial charge in [0.2, 0.25) is 0 Å². The van der Waals surface area contributed by atoms with E-state index in [0.29, 0.717) is 5.92 Å². The van der Waals surface area contributed by atoms with Crippen LogP contribution in [0.5, 0.6) is 5.75 Å². The number of hydrogen-bond acceptors (Lipinski definition) is 2. The van der Waals surface area contributed by atoms with E-state index in [1.54, 1.807) is 11.8 Å². The third-order valence-corrected chi connectivity index (χ3v) is 2.86. The highest BCUT2D eigenvalue weighted by atomic mass is 16.5. The molecule has 0 amide bonds. The van der Waals surface area contributed by atoms with Gasteiger partial charge in [0.05, 0.1) is 12.8 Å². The van der Waals surface area contributed by atoms with E-state index in [0.717, 1.165) is 17.0 Å². The number of hydrogen-bond donors (Lipinski definition) is 0. The molecule has 1 aromatic carbocycles. The number of methoxy groups -OCH3 is 1. The third-order valence-electron chi connectivity index (χ3n) is 2.86. The van der Waals surface area contributed by atoms with Gasteiger partial charge in [0, 0.05) is 18.8 Å². The number of aromatic nitrogens is 2. The Hall–Kier alpha value is -1.77. The maximum Gasteiger partial charge on any atom is 0.131 e. The summed E-state index contributed by atoms with van der Waals surface area (Å²) in [6.07, 6.45) is 1.94. The monoisotopic (exact) mass is 230 g/mol. The summed E-state index contributed by atoms with van der Waals surface area (Å²) in [6, 6.07) is 8.22. The van der Waals surface area contributed by atoms with Gasteiger partial charge in [0.15, 0.2) is 0 Å². The number of rotatable bonds is 3. The first-order valence-electron chi connectivity index (χ1n) is 5.80. The molecule has 0 N–H and O–H groups in total. The Morgan fingerprint density at radius 3 is 2.53 bits per heavy atom. The van der Waals surface area contributed by atoms with Crippen LogP contribution in [0.1, 0.15) is 25.3 Å². The lowest BCUT2D eigenvalue weighted by molar-refractivity contribution is 0.409. The van der Waals surface area contributed by atoms with Crippen molar-refractivity contribution in [2.75, 3.05) is 7.11 Å². The van der Waals surface area contributed by atoms with Crippen LogP contribution in [0.15, 0.2) is 30.5 Å². The van der Waals surface area contributed by atoms with Gasteiger partial charge in [-0.1, -0.05) is 26.0 Å². The molecular formula is C14H18N2O. The largest absolute Gasteiger partial charge is 0.496 e. The summed E-state index contributed by atoms with van der Waals surface area (Å²) >= 11 is 0. The van der Waals surface area contributed by atoms with Crippen LogP contribution in [0.2, 0.25) is 0 Å². The molecule has 0 aliphatic heterocycles. The second-order valence-corrected chi connectivity index (χ2v) is 4.46. The van der Waals surface area contributed by atoms with Crippen LogP contribution in [0, 0.1) is 0 Å². The van der Waals surface area contributed by atoms with E-state index >= 15 is 0 Å². The van der Waals surface area contributed by atoms with E-state index in [1.165, 1.54) is 5.56 Å². The van der Waals surface area contributed by atoms with Gasteiger partial charge in [-0.2, -0.15) is 5.10 Å². The van der Waals surface area contributed by atoms with Crippen LogP contribution in [-0.2, 0) is 7.05 Å². The molecular weight excluding hydrogens is 212 g/mol. The molecule has 0 spiro atoms. The fraction of sp³-hybridized carbons (Fsp3) is 0.357. The lowest BCUT2D eigenvalue weighted by Crippen LogP contribution is -1.97. The molecule has 3 nitrogen and oxygen atoms in total. The maximum absolute atomic E-state index is 5.55. The van der Waals surface area contributed by atoms with Crippen LogP contribution >= 0.6 is 0 Å². The second kappa shape index (κ2) is 4.62. The molecule has 17 heavy (non-hydrogen) atoms. The Morgan fingerprint density at radius 1 is 1.24 bits per heavy atom. The summed E-state index contributed by atoms with van der Waals surface area (Å²) in [6.45, 7) is 4.33. The average molecular weight is 230 g/mol. The SMILES string of the molecule is COc1c(-c2ccn(C)n2)cccc1C(C)C. The Bertz CT molecular complexity index is 515. The van der Waals surface area contributed by atoms with E-state index in [9.17, 15) is 0 Å². The summed E-state index contributed by atoms with van der Waals surface area (Å²) < 4.78 is 7.35. The molecule has 2 rings (SSSR count). The molecule has 0 aliphatic rings. The molecule has 0 fully saturated rings. The quantitative estimate of drug-likeness (QED) is 0.809. The van der Waals surface area contributed by atoms with Crippen LogP contribution in [0.4, 0.5) is 0 Å². The minimum absolute atomic E-state index is 0.439. The fourth-order valence-electron chi connectivity index (χ4n) is 2.00. The first-order valence-corrected chi connectivity index (χ1v) is 5.80. The molecule has 1 aromatic heterocycles. The Balaban J connectivity index is 2.58. The van der Waals surface area contributed by atoms with Crippen molar-refractivity contribution in [2.24, 2.45) is 7.05 Å². The van der Waals surface area contributed by atoms with E-state index in [1.807, 2.05) is 25.4 Å². The summed E-state index contributed by atoms with van der Waals surface area (Å²) in [5.41, 5.74) is 3.22. The summed E-state index contributed by atoms with van der Waals surface area (Å²) in [7, 11) is 3.63. The highest BCUT2D eigenvalue weighted by Gasteiger charge is 2.14. The van der Waals surface area contributed by atoms with Crippen molar-refractivity contribution < 1.29 is 4.74 Å². The summed E-state index contributed by atoms with van der Waals surface area (Å²) in [5.74, 6) is 1.37. The van der Waals surface area contributed by atoms with Crippen molar-refractivity contribution in [1.82, 2.24) is 9.78 Å². The molecule has 2 aromatic rings. The van der Waals surface area contributed by atoms with E-state index in [-0.39, 0.29) is 0 Å². The van der Waals surface area contributed by atoms with Crippen LogP contribution in [0.25, 0.3) is 11.3 Å². The van der Waals surface area contributed by atoms with Gasteiger partial charge in [-0.05, 0) is 23.6 Å². The molecule has 0 saturated heterocycles. The molecule has 1 heterocycles. The van der Waals surface area contributed by atoms with E-state index in [2.05, 4.69) is 31.1 Å². The van der Waals surface area contributed by atoms with Gasteiger partial charge in [0.25, 0.3) is 0 Å². The number of benzene rings is 1. The second-order valence-electron chi connectivity index (χ2n) is 4.46. The fourth-order valence-corrected chi connectivity index (χ4v) is 2.00. The minimum Gasteiger partial charge on any atom is -0.496 e. The zero-order chi connectivity index (χ0) is 12.4. The van der Waals surface area contributed by atoms with Gasteiger partial charge in [0.1, 0.15) is 5.75 Å². The van der Waals surface area contributed by atoms with Crippen LogP contribution in [0.3, 0.4) is 0 Å². The van der Waals surface area contributed by atoms with Gasteiger partial charge in [-0.3, -0.25) is 4.68 Å². The predicted molar refractivity (Wildman–Crippen MR) is 69.3 cm³/mol. The zero-order valence-corrected chi connectivity index (χ0v) is 10.8. The number of aryl methyl sites for hydroxylation is 1. The molecule has 0 saturated carbocycles. The van der Waals surface area contributed by atoms with Crippen molar-refractivity contribution >= 4 is 0 Å². The van der Waals surface area contributed by atoms with Crippen molar-refractivity contribution in [2.45, 2.75) is 19.8 Å². The van der Waals surface area contributed by atoms with Gasteiger partial charge in [-0.15, -0.1) is 0 Å². The molecule has 0 unspecified atom stereocenters. The van der Waals surface area contributed by atoms with Gasteiger partial charge < -0.3 is 4.74 Å². The first kappa shape index (κ1) is 11.7. The number of ether oxygens (including phenoxy) is 1. The smallest absolute Gasteiger partial charge is 0.131 e. The third kappa shape index (κ3) is 2.18. The standard InChI is InChI=1S/C14H18N2O/c1-10(2)11-6-5-7-12(14(11)17-4)13-8-9-16(3)15-13/h5-10H,1-4H3. The first-order chi connectivity index (χ1) is 8.13. The van der Waals surface area contributed by atoms with Crippen LogP contribution in [-0.4, -0.2) is 16.9 Å². The van der Waals surface area contributed by atoms with Crippen molar-refractivity contribution in [1.29, 1.82) is 0 Å². The average Bonchev–Trinajstić information content (AvgIpc) is 2.74. The molecule has 0 bridgehead atoms. The number of para-hydroxylation sites is 1. The minimum atomic E-state index is 0.439. The molecule has 90 valence electrons. The normalized spacial score (nSPS) is 10.9. The maximum atomic E-state index is 5.55. The van der Waals surface area contributed by atoms with Crippen molar-refractivity contribution in [3.63, 3.8) is 0 Å². The van der Waals surface area contributed by atoms with E-state index < -0.39 is 0 Å². The molecule has 3 heteroatoms. The Labute approximate surface area is 102 Å². The highest BCUT2D eigenvalue weighted by Crippen LogP contribution is 2.35. The molecule has 0 atom stereocenters. The van der Waals surface area contributed by atoms with E-state index in [4.69, 9.17) is 4.74 Å². The van der Waals surface area contributed by atoms with Gasteiger partial charge >= 0.3 is 0 Å². The molecule has 0 radical (unpaired) electrons. The zero-order valence-electron chi connectivity index (χ0n) is 10.8. The predicted octanol–water partition coefficient (Wildman–Crippen LogP) is 3.22. The van der Waals surface area contributed by atoms with Crippen LogP contribution < -0.4 is 4.74 Å². The van der Waals surface area contributed by atoms with Gasteiger partial charge in [-0.25, -0.2) is 0 Å². The summed E-state index contributed by atoms with van der Waals surface area (Å²) in [5, 5.41) is 4.43.